The highest BCUT2D eigenvalue weighted by molar-refractivity contribution is 6.03. The molecule has 14 heteroatoms. The minimum absolute atomic E-state index is 0.0454. The van der Waals surface area contributed by atoms with E-state index in [1.54, 1.807) is 18.2 Å². The molecule has 54 heavy (non-hydrogen) atoms. The Morgan fingerprint density at radius 1 is 1.09 bits per heavy atom. The summed E-state index contributed by atoms with van der Waals surface area (Å²) in [5.41, 5.74) is -1.16. The number of hydrogen-bond acceptors (Lipinski definition) is 10. The average Bonchev–Trinajstić information content (AvgIpc) is 3.75. The van der Waals surface area contributed by atoms with E-state index >= 15 is 8.78 Å². The van der Waals surface area contributed by atoms with Gasteiger partial charge in [-0.2, -0.15) is 9.97 Å². The summed E-state index contributed by atoms with van der Waals surface area (Å²) >= 11 is 0. The second-order valence-electron chi connectivity index (χ2n) is 15.7. The second-order valence-corrected chi connectivity index (χ2v) is 15.7. The number of aromatic nitrogens is 3. The van der Waals surface area contributed by atoms with E-state index in [1.165, 1.54) is 19.4 Å². The van der Waals surface area contributed by atoms with Gasteiger partial charge in [-0.1, -0.05) is 12.0 Å². The van der Waals surface area contributed by atoms with Crippen molar-refractivity contribution in [2.75, 3.05) is 51.6 Å². The molecule has 4 atom stereocenters. The number of pyridine rings is 1. The fourth-order valence-corrected chi connectivity index (χ4v) is 8.80. The van der Waals surface area contributed by atoms with E-state index in [0.29, 0.717) is 48.4 Å². The zero-order valence-electron chi connectivity index (χ0n) is 30.8. The first-order valence-electron chi connectivity index (χ1n) is 18.4. The third kappa shape index (κ3) is 6.41. The van der Waals surface area contributed by atoms with Crippen LogP contribution in [0.2, 0.25) is 0 Å². The summed E-state index contributed by atoms with van der Waals surface area (Å²) in [7, 11) is 1.48. The van der Waals surface area contributed by atoms with Crippen LogP contribution in [0.3, 0.4) is 0 Å². The standard InChI is InChI=1S/C40H43F3N6O5/c1-6-28-31(42)11-8-23-14-27(53-22-51-5)15-29(32(23)28)34-33(43)35-30(17-44-34)36(46-37(45-35)52-21-40-12-7-13-48(40)18-24(41)16-40)47-19-25-9-10-26(20-47)49(25)38(50)54-39(2,3)4/h1,8,11,14-15,17,24-26H,7,9-10,12-13,16,18-22H2,2-5H3/t24-,25?,26?,40+/m1/s1. The van der Waals surface area contributed by atoms with Gasteiger partial charge in [-0.3, -0.25) is 14.8 Å². The van der Waals surface area contributed by atoms with Crippen molar-refractivity contribution in [1.29, 1.82) is 0 Å². The molecule has 2 unspecified atom stereocenters. The molecule has 4 saturated heterocycles. The number of nitrogens with zero attached hydrogens (tertiary/aromatic N) is 6. The summed E-state index contributed by atoms with van der Waals surface area (Å²) in [5.74, 6) is 1.73. The second kappa shape index (κ2) is 13.8. The van der Waals surface area contributed by atoms with E-state index < -0.39 is 28.9 Å². The maximum atomic E-state index is 17.3. The lowest BCUT2D eigenvalue weighted by atomic mass is 9.95. The number of alkyl halides is 1. The van der Waals surface area contributed by atoms with E-state index in [1.807, 2.05) is 30.6 Å². The Morgan fingerprint density at radius 3 is 2.59 bits per heavy atom. The first-order valence-corrected chi connectivity index (χ1v) is 18.4. The number of rotatable bonds is 8. The van der Waals surface area contributed by atoms with Crippen molar-refractivity contribution >= 4 is 33.6 Å². The molecular formula is C40H43F3N6O5. The molecule has 6 heterocycles. The highest BCUT2D eigenvalue weighted by atomic mass is 19.1. The lowest BCUT2D eigenvalue weighted by Crippen LogP contribution is -2.57. The van der Waals surface area contributed by atoms with Gasteiger partial charge in [0.05, 0.1) is 28.6 Å². The van der Waals surface area contributed by atoms with Gasteiger partial charge in [0, 0.05) is 50.3 Å². The number of fused-ring (bicyclic) bond motifs is 5. The number of carbonyl (C=O) groups excluding carboxylic acids is 1. The zero-order chi connectivity index (χ0) is 37.9. The Morgan fingerprint density at radius 2 is 1.87 bits per heavy atom. The molecule has 0 spiro atoms. The molecule has 11 nitrogen and oxygen atoms in total. The monoisotopic (exact) mass is 744 g/mol. The SMILES string of the molecule is C#Cc1c(F)ccc2cc(OCOC)cc(-c3ncc4c(N5CC6CCC(C5)N6C(=O)OC(C)(C)C)nc(OC[C@@]56CCCN5C[C@H](F)C6)nc4c3F)c12. The number of benzene rings is 2. The van der Waals surface area contributed by atoms with Crippen LogP contribution in [0.25, 0.3) is 32.9 Å². The summed E-state index contributed by atoms with van der Waals surface area (Å²) in [4.78, 5) is 33.3. The molecule has 2 aromatic heterocycles. The number of anilines is 1. The average molecular weight is 745 g/mol. The van der Waals surface area contributed by atoms with Crippen molar-refractivity contribution in [3.63, 3.8) is 0 Å². The van der Waals surface area contributed by atoms with Crippen LogP contribution in [-0.4, -0.2) is 107 Å². The number of halogens is 3. The van der Waals surface area contributed by atoms with Gasteiger partial charge >= 0.3 is 12.1 Å². The molecule has 4 aliphatic rings. The number of methoxy groups -OCH3 is 1. The van der Waals surface area contributed by atoms with Gasteiger partial charge in [-0.25, -0.2) is 18.0 Å². The lowest BCUT2D eigenvalue weighted by Gasteiger charge is -2.42. The summed E-state index contributed by atoms with van der Waals surface area (Å²) in [6.45, 7) is 7.55. The molecule has 1 amide bonds. The molecule has 2 aromatic carbocycles. The Balaban J connectivity index is 1.24. The van der Waals surface area contributed by atoms with Crippen molar-refractivity contribution in [2.45, 2.75) is 82.3 Å². The largest absolute Gasteiger partial charge is 0.468 e. The predicted octanol–water partition coefficient (Wildman–Crippen LogP) is 6.63. The fourth-order valence-electron chi connectivity index (χ4n) is 8.80. The summed E-state index contributed by atoms with van der Waals surface area (Å²) in [6, 6.07) is 5.64. The Hall–Kier alpha value is -4.87. The molecule has 284 valence electrons. The Kier molecular flexibility index (Phi) is 9.21. The quantitative estimate of drug-likeness (QED) is 0.144. The predicted molar refractivity (Wildman–Crippen MR) is 196 cm³/mol. The van der Waals surface area contributed by atoms with E-state index in [0.717, 1.165) is 32.2 Å². The number of amides is 1. The van der Waals surface area contributed by atoms with Crippen LogP contribution in [0.4, 0.5) is 23.8 Å². The van der Waals surface area contributed by atoms with E-state index in [4.69, 9.17) is 30.4 Å². The molecule has 4 fully saturated rings. The summed E-state index contributed by atoms with van der Waals surface area (Å²) < 4.78 is 69.9. The Labute approximate surface area is 311 Å². The van der Waals surface area contributed by atoms with Gasteiger partial charge in [0.1, 0.15) is 47.0 Å². The van der Waals surface area contributed by atoms with Crippen molar-refractivity contribution in [1.82, 2.24) is 24.8 Å². The first-order chi connectivity index (χ1) is 25.9. The van der Waals surface area contributed by atoms with Gasteiger partial charge in [0.2, 0.25) is 0 Å². The molecule has 0 N–H and O–H groups in total. The third-order valence-corrected chi connectivity index (χ3v) is 11.0. The third-order valence-electron chi connectivity index (χ3n) is 11.0. The minimum atomic E-state index is -0.957. The highest BCUT2D eigenvalue weighted by Crippen LogP contribution is 2.43. The van der Waals surface area contributed by atoms with Crippen molar-refractivity contribution in [2.24, 2.45) is 0 Å². The topological polar surface area (TPSA) is 102 Å². The van der Waals surface area contributed by atoms with Crippen LogP contribution in [-0.2, 0) is 9.47 Å². The zero-order valence-corrected chi connectivity index (χ0v) is 30.8. The van der Waals surface area contributed by atoms with Gasteiger partial charge in [0.15, 0.2) is 12.6 Å². The molecule has 4 aromatic rings. The normalized spacial score (nSPS) is 23.9. The minimum Gasteiger partial charge on any atom is -0.468 e. The van der Waals surface area contributed by atoms with Crippen LogP contribution >= 0.6 is 0 Å². The van der Waals surface area contributed by atoms with Crippen molar-refractivity contribution in [3.8, 4) is 35.4 Å². The van der Waals surface area contributed by atoms with E-state index in [2.05, 4.69) is 20.8 Å². The fraction of sp³-hybridized carbons (Fsp3) is 0.500. The van der Waals surface area contributed by atoms with E-state index in [-0.39, 0.29) is 65.3 Å². The van der Waals surface area contributed by atoms with Crippen LogP contribution < -0.4 is 14.4 Å². The number of carbonyl (C=O) groups is 1. The number of hydrogen-bond donors (Lipinski definition) is 0. The van der Waals surface area contributed by atoms with E-state index in [9.17, 15) is 9.18 Å². The molecule has 0 radical (unpaired) electrons. The molecule has 0 aliphatic carbocycles. The maximum Gasteiger partial charge on any atom is 0.410 e. The number of piperazine rings is 1. The van der Waals surface area contributed by atoms with Gasteiger partial charge < -0.3 is 23.8 Å². The van der Waals surface area contributed by atoms with Crippen LogP contribution in [0.5, 0.6) is 11.8 Å². The van der Waals surface area contributed by atoms with Gasteiger partial charge in [-0.05, 0) is 76.6 Å². The molecule has 8 rings (SSSR count). The first kappa shape index (κ1) is 36.1. The molecule has 0 saturated carbocycles. The summed E-state index contributed by atoms with van der Waals surface area (Å²) in [5, 5.41) is 1.14. The molecular weight excluding hydrogens is 701 g/mol. The van der Waals surface area contributed by atoms with Gasteiger partial charge in [0.25, 0.3) is 0 Å². The summed E-state index contributed by atoms with van der Waals surface area (Å²) in [6.07, 6.45) is 9.56. The number of terminal acetylenes is 1. The van der Waals surface area contributed by atoms with Crippen molar-refractivity contribution < 1.29 is 36.9 Å². The van der Waals surface area contributed by atoms with Crippen LogP contribution in [0.1, 0.15) is 58.4 Å². The lowest BCUT2D eigenvalue weighted by molar-refractivity contribution is 0.0122. The maximum absolute atomic E-state index is 17.3. The Bertz CT molecular complexity index is 2160. The smallest absolute Gasteiger partial charge is 0.410 e. The van der Waals surface area contributed by atoms with Gasteiger partial charge in [-0.15, -0.1) is 6.42 Å². The van der Waals surface area contributed by atoms with Crippen LogP contribution in [0, 0.1) is 24.0 Å². The molecule has 4 aliphatic heterocycles. The highest BCUT2D eigenvalue weighted by Gasteiger charge is 2.50. The van der Waals surface area contributed by atoms with Crippen molar-refractivity contribution in [3.05, 3.63) is 47.7 Å². The number of ether oxygens (including phenoxy) is 4. The van der Waals surface area contributed by atoms with Crippen LogP contribution in [0.15, 0.2) is 30.5 Å². The molecule has 2 bridgehead atoms.